The second-order valence-corrected chi connectivity index (χ2v) is 6.08. The van der Waals surface area contributed by atoms with Crippen LogP contribution in [0.15, 0.2) is 29.2 Å². The van der Waals surface area contributed by atoms with Gasteiger partial charge in [0.1, 0.15) is 0 Å². The van der Waals surface area contributed by atoms with Crippen molar-refractivity contribution in [3.05, 3.63) is 24.3 Å². The molecule has 0 saturated heterocycles. The predicted molar refractivity (Wildman–Crippen MR) is 74.0 cm³/mol. The summed E-state index contributed by atoms with van der Waals surface area (Å²) in [6.45, 7) is 2.55. The third-order valence-corrected chi connectivity index (χ3v) is 4.01. The van der Waals surface area contributed by atoms with E-state index in [2.05, 4.69) is 5.32 Å². The highest BCUT2D eigenvalue weighted by atomic mass is 32.2. The first-order valence-corrected chi connectivity index (χ1v) is 7.94. The molecule has 0 aliphatic rings. The topological polar surface area (TPSA) is 72.5 Å². The minimum Gasteiger partial charge on any atom is -0.466 e. The standard InChI is InChI=1S/C13H17F2NO4S/c1-2-20-12(17)4-3-9-16-10-5-7-11(8-6-10)21(18,19)13(14)15/h5-8,13,16H,2-4,9H2,1H3. The van der Waals surface area contributed by atoms with E-state index < -0.39 is 20.5 Å². The smallest absolute Gasteiger partial charge is 0.341 e. The van der Waals surface area contributed by atoms with E-state index in [0.717, 1.165) is 12.1 Å². The molecule has 0 fully saturated rings. The molecule has 0 heterocycles. The Hall–Kier alpha value is -1.70. The van der Waals surface area contributed by atoms with Crippen molar-refractivity contribution >= 4 is 21.5 Å². The SMILES string of the molecule is CCOC(=O)CCCNc1ccc(S(=O)(=O)C(F)F)cc1. The highest BCUT2D eigenvalue weighted by Crippen LogP contribution is 2.20. The first kappa shape index (κ1) is 17.4. The molecule has 1 N–H and O–H groups in total. The maximum atomic E-state index is 12.3. The zero-order valence-electron chi connectivity index (χ0n) is 11.5. The van der Waals surface area contributed by atoms with Gasteiger partial charge in [-0.25, -0.2) is 8.42 Å². The normalized spacial score (nSPS) is 11.4. The van der Waals surface area contributed by atoms with Crippen molar-refractivity contribution in [1.82, 2.24) is 0 Å². The maximum Gasteiger partial charge on any atom is 0.341 e. The van der Waals surface area contributed by atoms with E-state index in [9.17, 15) is 22.0 Å². The summed E-state index contributed by atoms with van der Waals surface area (Å²) >= 11 is 0. The molecular weight excluding hydrogens is 304 g/mol. The average Bonchev–Trinajstić information content (AvgIpc) is 2.44. The van der Waals surface area contributed by atoms with Crippen LogP contribution in [-0.2, 0) is 19.4 Å². The molecule has 0 unspecified atom stereocenters. The number of sulfone groups is 1. The van der Waals surface area contributed by atoms with Gasteiger partial charge in [0.05, 0.1) is 11.5 Å². The third-order valence-electron chi connectivity index (χ3n) is 2.61. The van der Waals surface area contributed by atoms with Gasteiger partial charge in [-0.1, -0.05) is 0 Å². The van der Waals surface area contributed by atoms with Crippen molar-refractivity contribution in [2.24, 2.45) is 0 Å². The summed E-state index contributed by atoms with van der Waals surface area (Å²) < 4.78 is 51.9. The number of carbonyl (C=O) groups is 1. The Kier molecular flexibility index (Phi) is 6.54. The average molecular weight is 321 g/mol. The lowest BCUT2D eigenvalue weighted by Gasteiger charge is -2.08. The van der Waals surface area contributed by atoms with Gasteiger partial charge in [0, 0.05) is 18.7 Å². The van der Waals surface area contributed by atoms with Gasteiger partial charge >= 0.3 is 11.7 Å². The van der Waals surface area contributed by atoms with Gasteiger partial charge in [-0.15, -0.1) is 0 Å². The van der Waals surface area contributed by atoms with Gasteiger partial charge < -0.3 is 10.1 Å². The Bertz CT molecular complexity index is 558. The van der Waals surface area contributed by atoms with Crippen LogP contribution in [0.4, 0.5) is 14.5 Å². The van der Waals surface area contributed by atoms with Gasteiger partial charge in [-0.05, 0) is 37.6 Å². The fourth-order valence-electron chi connectivity index (χ4n) is 1.56. The monoisotopic (exact) mass is 321 g/mol. The van der Waals surface area contributed by atoms with Crippen LogP contribution in [0.25, 0.3) is 0 Å². The fourth-order valence-corrected chi connectivity index (χ4v) is 2.29. The quantitative estimate of drug-likeness (QED) is 0.588. The Balaban J connectivity index is 2.47. The fraction of sp³-hybridized carbons (Fsp3) is 0.462. The highest BCUT2D eigenvalue weighted by Gasteiger charge is 2.26. The van der Waals surface area contributed by atoms with Crippen LogP contribution in [-0.4, -0.2) is 33.3 Å². The highest BCUT2D eigenvalue weighted by molar-refractivity contribution is 7.91. The summed E-state index contributed by atoms with van der Waals surface area (Å²) in [7, 11) is -4.56. The van der Waals surface area contributed by atoms with Crippen LogP contribution in [0.1, 0.15) is 19.8 Å². The van der Waals surface area contributed by atoms with Crippen LogP contribution in [0, 0.1) is 0 Å². The van der Waals surface area contributed by atoms with Crippen LogP contribution in [0.3, 0.4) is 0 Å². The van der Waals surface area contributed by atoms with E-state index in [1.807, 2.05) is 0 Å². The lowest BCUT2D eigenvalue weighted by Crippen LogP contribution is -2.11. The largest absolute Gasteiger partial charge is 0.466 e. The molecule has 0 aliphatic carbocycles. The number of anilines is 1. The molecule has 0 atom stereocenters. The van der Waals surface area contributed by atoms with Crippen molar-refractivity contribution in [1.29, 1.82) is 0 Å². The van der Waals surface area contributed by atoms with Crippen molar-refractivity contribution < 1.29 is 26.7 Å². The number of alkyl halides is 2. The van der Waals surface area contributed by atoms with Gasteiger partial charge in [-0.3, -0.25) is 4.79 Å². The second kappa shape index (κ2) is 7.92. The van der Waals surface area contributed by atoms with Gasteiger partial charge in [0.15, 0.2) is 0 Å². The first-order chi connectivity index (χ1) is 9.87. The van der Waals surface area contributed by atoms with E-state index in [1.165, 1.54) is 12.1 Å². The van der Waals surface area contributed by atoms with Crippen LogP contribution < -0.4 is 5.32 Å². The van der Waals surface area contributed by atoms with Crippen LogP contribution >= 0.6 is 0 Å². The molecule has 1 aromatic carbocycles. The number of esters is 1. The van der Waals surface area contributed by atoms with E-state index in [1.54, 1.807) is 6.92 Å². The summed E-state index contributed by atoms with van der Waals surface area (Å²) in [6.07, 6.45) is 0.828. The number of hydrogen-bond acceptors (Lipinski definition) is 5. The number of halogens is 2. The molecule has 0 amide bonds. The molecule has 8 heteroatoms. The van der Waals surface area contributed by atoms with Crippen molar-refractivity contribution in [3.63, 3.8) is 0 Å². The predicted octanol–water partition coefficient (Wildman–Crippen LogP) is 2.44. The molecule has 0 spiro atoms. The summed E-state index contributed by atoms with van der Waals surface area (Å²) in [5, 5.41) is 2.96. The summed E-state index contributed by atoms with van der Waals surface area (Å²) in [5.74, 6) is -3.71. The lowest BCUT2D eigenvalue weighted by molar-refractivity contribution is -0.143. The lowest BCUT2D eigenvalue weighted by atomic mass is 10.3. The van der Waals surface area contributed by atoms with Crippen molar-refractivity contribution in [2.75, 3.05) is 18.5 Å². The zero-order valence-corrected chi connectivity index (χ0v) is 12.3. The molecule has 1 rings (SSSR count). The Morgan fingerprint density at radius 2 is 1.90 bits per heavy atom. The number of hydrogen-bond donors (Lipinski definition) is 1. The van der Waals surface area contributed by atoms with E-state index in [-0.39, 0.29) is 12.4 Å². The minimum absolute atomic E-state index is 0.276. The summed E-state index contributed by atoms with van der Waals surface area (Å²) in [4.78, 5) is 10.7. The molecule has 5 nitrogen and oxygen atoms in total. The molecule has 0 aromatic heterocycles. The molecule has 0 saturated carbocycles. The van der Waals surface area contributed by atoms with Crippen LogP contribution in [0.5, 0.6) is 0 Å². The second-order valence-electron chi connectivity index (χ2n) is 4.17. The van der Waals surface area contributed by atoms with Gasteiger partial charge in [0.2, 0.25) is 9.84 Å². The number of carbonyl (C=O) groups excluding carboxylic acids is 1. The minimum atomic E-state index is -4.56. The van der Waals surface area contributed by atoms with Crippen molar-refractivity contribution in [2.45, 2.75) is 30.4 Å². The first-order valence-electron chi connectivity index (χ1n) is 6.39. The Morgan fingerprint density at radius 3 is 2.43 bits per heavy atom. The number of benzene rings is 1. The molecule has 118 valence electrons. The van der Waals surface area contributed by atoms with Gasteiger partial charge in [-0.2, -0.15) is 8.78 Å². The van der Waals surface area contributed by atoms with Gasteiger partial charge in [0.25, 0.3) is 0 Å². The number of ether oxygens (including phenoxy) is 1. The summed E-state index contributed by atoms with van der Waals surface area (Å²) in [5.41, 5.74) is 0.590. The zero-order chi connectivity index (χ0) is 15.9. The Labute approximate surface area is 122 Å². The Morgan fingerprint density at radius 1 is 1.29 bits per heavy atom. The van der Waals surface area contributed by atoms with E-state index in [0.29, 0.717) is 25.3 Å². The molecule has 0 aliphatic heterocycles. The number of nitrogens with one attached hydrogen (secondary N) is 1. The molecule has 0 radical (unpaired) electrons. The van der Waals surface area contributed by atoms with E-state index in [4.69, 9.17) is 4.74 Å². The van der Waals surface area contributed by atoms with E-state index >= 15 is 0 Å². The van der Waals surface area contributed by atoms with Crippen LogP contribution in [0.2, 0.25) is 0 Å². The molecular formula is C13H17F2NO4S. The molecule has 21 heavy (non-hydrogen) atoms. The number of rotatable bonds is 8. The third kappa shape index (κ3) is 5.30. The van der Waals surface area contributed by atoms with Crippen molar-refractivity contribution in [3.8, 4) is 0 Å². The molecule has 1 aromatic rings. The molecule has 0 bridgehead atoms. The maximum absolute atomic E-state index is 12.3. The summed E-state index contributed by atoms with van der Waals surface area (Å²) in [6, 6.07) is 5.05.